The molecule has 172 valence electrons. The van der Waals surface area contributed by atoms with Crippen LogP contribution in [0.4, 0.5) is 0 Å². The maximum absolute atomic E-state index is 2.38. The van der Waals surface area contributed by atoms with Crippen LogP contribution in [0.15, 0.2) is 91.0 Å². The Balaban J connectivity index is 0.000000247. The van der Waals surface area contributed by atoms with Gasteiger partial charge in [0.05, 0.1) is 0 Å². The van der Waals surface area contributed by atoms with Gasteiger partial charge in [0.2, 0.25) is 0 Å². The molecular formula is C30H42P2. The van der Waals surface area contributed by atoms with Gasteiger partial charge in [-0.2, -0.15) is 0 Å². The number of rotatable bonds is 3. The smallest absolute Gasteiger partial charge is 0.0134 e. The molecule has 0 bridgehead atoms. The molecular weight excluding hydrogens is 422 g/mol. The van der Waals surface area contributed by atoms with E-state index in [1.54, 1.807) is 0 Å². The van der Waals surface area contributed by atoms with E-state index in [4.69, 9.17) is 0 Å². The van der Waals surface area contributed by atoms with Gasteiger partial charge in [-0.25, -0.2) is 0 Å². The van der Waals surface area contributed by atoms with Crippen LogP contribution in [0.3, 0.4) is 0 Å². The maximum atomic E-state index is 2.38. The highest BCUT2D eigenvalue weighted by Gasteiger charge is 2.41. The molecule has 3 aromatic rings. The maximum Gasteiger partial charge on any atom is -0.0134 e. The average molecular weight is 465 g/mol. The standard InChI is InChI=1S/C18H15P.C12H27P/c1-4-10-16(11-5-1)19(17-12-6-2-7-13-17)18-14-8-3-9-15-18;1-10(2,3)13(11(4,5)6)12(7,8)9/h1-15H;1-9H3. The van der Waals surface area contributed by atoms with E-state index >= 15 is 0 Å². The fourth-order valence-corrected chi connectivity index (χ4v) is 13.5. The third kappa shape index (κ3) is 7.83. The van der Waals surface area contributed by atoms with E-state index < -0.39 is 7.92 Å². The summed E-state index contributed by atoms with van der Waals surface area (Å²) in [5.74, 6) is 0. The lowest BCUT2D eigenvalue weighted by molar-refractivity contribution is 0.644. The molecule has 0 N–H and O–H groups in total. The summed E-state index contributed by atoms with van der Waals surface area (Å²) in [5, 5.41) is 5.54. The third-order valence-electron chi connectivity index (χ3n) is 5.06. The van der Waals surface area contributed by atoms with Crippen LogP contribution in [0.1, 0.15) is 62.3 Å². The van der Waals surface area contributed by atoms with Crippen molar-refractivity contribution in [2.24, 2.45) is 0 Å². The number of hydrogen-bond acceptors (Lipinski definition) is 0. The topological polar surface area (TPSA) is 0 Å². The Labute approximate surface area is 200 Å². The quantitative estimate of drug-likeness (QED) is 0.342. The molecule has 0 unspecified atom stereocenters. The summed E-state index contributed by atoms with van der Waals surface area (Å²) in [7, 11) is -0.430. The molecule has 2 heteroatoms. The van der Waals surface area contributed by atoms with Gasteiger partial charge in [-0.15, -0.1) is 0 Å². The Bertz CT molecular complexity index is 785. The number of benzene rings is 3. The van der Waals surface area contributed by atoms with Gasteiger partial charge in [0.15, 0.2) is 0 Å². The zero-order valence-electron chi connectivity index (χ0n) is 21.6. The summed E-state index contributed by atoms with van der Waals surface area (Å²) in [6.45, 7) is 21.5. The van der Waals surface area contributed by atoms with E-state index in [-0.39, 0.29) is 7.92 Å². The molecule has 0 heterocycles. The monoisotopic (exact) mass is 464 g/mol. The SMILES string of the molecule is CC(C)(C)P(C(C)(C)C)C(C)(C)C.c1ccc(P(c2ccccc2)c2ccccc2)cc1. The summed E-state index contributed by atoms with van der Waals surface area (Å²) in [6.07, 6.45) is 0. The summed E-state index contributed by atoms with van der Waals surface area (Å²) in [5.41, 5.74) is 0. The Hall–Kier alpha value is -1.48. The minimum Gasteiger partial charge on any atom is -0.0901 e. The van der Waals surface area contributed by atoms with Crippen molar-refractivity contribution in [2.75, 3.05) is 0 Å². The van der Waals surface area contributed by atoms with Gasteiger partial charge in [-0.1, -0.05) is 161 Å². The summed E-state index contributed by atoms with van der Waals surface area (Å²) in [4.78, 5) is 0. The zero-order valence-corrected chi connectivity index (χ0v) is 23.3. The van der Waals surface area contributed by atoms with Crippen molar-refractivity contribution in [2.45, 2.75) is 77.8 Å². The first-order chi connectivity index (χ1) is 14.8. The molecule has 0 atom stereocenters. The van der Waals surface area contributed by atoms with Gasteiger partial charge >= 0.3 is 0 Å². The van der Waals surface area contributed by atoms with Crippen molar-refractivity contribution < 1.29 is 0 Å². The molecule has 0 aliphatic heterocycles. The van der Waals surface area contributed by atoms with Crippen LogP contribution in [-0.2, 0) is 0 Å². The molecule has 3 aromatic carbocycles. The molecule has 0 aromatic heterocycles. The van der Waals surface area contributed by atoms with Crippen molar-refractivity contribution >= 4 is 31.8 Å². The fourth-order valence-electron chi connectivity index (χ4n) is 5.20. The lowest BCUT2D eigenvalue weighted by Crippen LogP contribution is -2.34. The van der Waals surface area contributed by atoms with Crippen molar-refractivity contribution in [3.8, 4) is 0 Å². The van der Waals surface area contributed by atoms with Crippen LogP contribution in [0.5, 0.6) is 0 Å². The molecule has 32 heavy (non-hydrogen) atoms. The average Bonchev–Trinajstić information content (AvgIpc) is 2.68. The molecule has 0 saturated heterocycles. The fraction of sp³-hybridized carbons (Fsp3) is 0.400. The molecule has 0 amide bonds. The van der Waals surface area contributed by atoms with E-state index in [0.717, 1.165) is 0 Å². The Morgan fingerprint density at radius 3 is 0.750 bits per heavy atom. The lowest BCUT2D eigenvalue weighted by atomic mass is 10.2. The second-order valence-electron chi connectivity index (χ2n) is 11.2. The van der Waals surface area contributed by atoms with Crippen LogP contribution in [0.25, 0.3) is 0 Å². The lowest BCUT2D eigenvalue weighted by Gasteiger charge is -2.49. The van der Waals surface area contributed by atoms with Crippen molar-refractivity contribution in [1.29, 1.82) is 0 Å². The van der Waals surface area contributed by atoms with Crippen LogP contribution in [-0.4, -0.2) is 15.5 Å². The molecule has 0 saturated carbocycles. The van der Waals surface area contributed by atoms with E-state index in [1.165, 1.54) is 15.9 Å². The van der Waals surface area contributed by atoms with Gasteiger partial charge in [0.1, 0.15) is 0 Å². The van der Waals surface area contributed by atoms with Gasteiger partial charge in [-0.05, 0) is 39.3 Å². The summed E-state index contributed by atoms with van der Waals surface area (Å²) >= 11 is 0. The van der Waals surface area contributed by atoms with Gasteiger partial charge in [-0.3, -0.25) is 0 Å². The molecule has 3 rings (SSSR count). The molecule has 0 spiro atoms. The summed E-state index contributed by atoms with van der Waals surface area (Å²) in [6, 6.07) is 32.3. The molecule has 0 aliphatic carbocycles. The van der Waals surface area contributed by atoms with Gasteiger partial charge < -0.3 is 0 Å². The van der Waals surface area contributed by atoms with E-state index in [9.17, 15) is 0 Å². The second-order valence-corrected chi connectivity index (χ2v) is 18.1. The van der Waals surface area contributed by atoms with Crippen LogP contribution in [0, 0.1) is 0 Å². The van der Waals surface area contributed by atoms with E-state index in [2.05, 4.69) is 153 Å². The molecule has 0 nitrogen and oxygen atoms in total. The van der Waals surface area contributed by atoms with E-state index in [1.807, 2.05) is 0 Å². The largest absolute Gasteiger partial charge is 0.0901 e. The minimum atomic E-state index is -0.446. The second kappa shape index (κ2) is 11.1. The van der Waals surface area contributed by atoms with Gasteiger partial charge in [0.25, 0.3) is 0 Å². The highest BCUT2D eigenvalue weighted by Crippen LogP contribution is 2.66. The molecule has 0 fully saturated rings. The Morgan fingerprint density at radius 2 is 0.594 bits per heavy atom. The first-order valence-corrected chi connectivity index (χ1v) is 14.3. The normalized spacial score (nSPS) is 12.5. The predicted molar refractivity (Wildman–Crippen MR) is 151 cm³/mol. The highest BCUT2D eigenvalue weighted by molar-refractivity contribution is 7.79. The first kappa shape index (κ1) is 26.8. The van der Waals surface area contributed by atoms with Crippen molar-refractivity contribution in [3.63, 3.8) is 0 Å². The molecule has 0 aliphatic rings. The van der Waals surface area contributed by atoms with Crippen molar-refractivity contribution in [3.05, 3.63) is 91.0 Å². The first-order valence-electron chi connectivity index (χ1n) is 11.6. The highest BCUT2D eigenvalue weighted by atomic mass is 31.1. The number of hydrogen-bond donors (Lipinski definition) is 0. The van der Waals surface area contributed by atoms with Crippen LogP contribution < -0.4 is 15.9 Å². The Kier molecular flexibility index (Phi) is 9.28. The van der Waals surface area contributed by atoms with Crippen molar-refractivity contribution in [1.82, 2.24) is 0 Å². The Morgan fingerprint density at radius 1 is 0.375 bits per heavy atom. The van der Waals surface area contributed by atoms with Gasteiger partial charge in [0, 0.05) is 0 Å². The minimum absolute atomic E-state index is 0.0162. The van der Waals surface area contributed by atoms with E-state index in [0.29, 0.717) is 15.5 Å². The predicted octanol–water partition coefficient (Wildman–Crippen LogP) is 8.31. The zero-order chi connectivity index (χ0) is 24.0. The van der Waals surface area contributed by atoms with Crippen LogP contribution >= 0.6 is 15.8 Å². The van der Waals surface area contributed by atoms with Crippen LogP contribution in [0.2, 0.25) is 0 Å². The summed E-state index contributed by atoms with van der Waals surface area (Å²) < 4.78 is 0. The molecule has 0 radical (unpaired) electrons. The third-order valence-corrected chi connectivity index (χ3v) is 11.5.